The molecule has 0 saturated heterocycles. The molecule has 5 nitrogen and oxygen atoms in total. The molecule has 0 aliphatic heterocycles. The Morgan fingerprint density at radius 3 is 3.10 bits per heavy atom. The number of ether oxygens (including phenoxy) is 1. The number of hydrogen-bond donors (Lipinski definition) is 2. The van der Waals surface area contributed by atoms with Crippen molar-refractivity contribution in [1.29, 1.82) is 0 Å². The van der Waals surface area contributed by atoms with Gasteiger partial charge in [-0.15, -0.1) is 0 Å². The van der Waals surface area contributed by atoms with Crippen molar-refractivity contribution in [1.82, 2.24) is 9.97 Å². The smallest absolute Gasteiger partial charge is 0.318 e. The number of hydrogen-bond acceptors (Lipinski definition) is 5. The second-order valence-electron chi connectivity index (χ2n) is 1.57. The number of nitrogens with zero attached hydrogens (tertiary/aromatic N) is 2. The summed E-state index contributed by atoms with van der Waals surface area (Å²) in [6, 6.07) is 1.94. The van der Waals surface area contributed by atoms with Crippen LogP contribution < -0.4 is 16.0 Å². The Kier molecular flexibility index (Phi) is 2.01. The van der Waals surface area contributed by atoms with Crippen LogP contribution in [-0.4, -0.2) is 17.1 Å². The molecule has 0 unspecified atom stereocenters. The molecule has 3 N–H and O–H groups in total. The van der Waals surface area contributed by atoms with Crippen molar-refractivity contribution in [2.24, 2.45) is 5.84 Å². The van der Waals surface area contributed by atoms with Crippen LogP contribution in [0.5, 0.6) is 6.01 Å². The molecule has 0 bridgehead atoms. The van der Waals surface area contributed by atoms with Gasteiger partial charge in [0.15, 0.2) is 0 Å². The average Bonchev–Trinajstić information content (AvgIpc) is 2.05. The van der Waals surface area contributed by atoms with E-state index in [0.717, 1.165) is 0 Å². The second-order valence-corrected chi connectivity index (χ2v) is 1.57. The van der Waals surface area contributed by atoms with Crippen LogP contribution in [0.4, 0.5) is 5.82 Å². The number of nitrogen functional groups attached to an aromatic ring is 1. The topological polar surface area (TPSA) is 73.1 Å². The van der Waals surface area contributed by atoms with Crippen molar-refractivity contribution in [3.8, 4) is 6.01 Å². The molecular formula is C5H8N4O. The highest BCUT2D eigenvalue weighted by molar-refractivity contribution is 5.31. The van der Waals surface area contributed by atoms with E-state index >= 15 is 0 Å². The van der Waals surface area contributed by atoms with Gasteiger partial charge in [-0.25, -0.2) is 10.8 Å². The number of nitrogens with two attached hydrogens (primary N) is 1. The fourth-order valence-electron chi connectivity index (χ4n) is 0.520. The van der Waals surface area contributed by atoms with Gasteiger partial charge in [-0.2, -0.15) is 4.98 Å². The van der Waals surface area contributed by atoms with Crippen LogP contribution in [0.25, 0.3) is 0 Å². The van der Waals surface area contributed by atoms with Gasteiger partial charge < -0.3 is 10.2 Å². The molecule has 0 spiro atoms. The molecule has 1 aromatic heterocycles. The van der Waals surface area contributed by atoms with E-state index in [-0.39, 0.29) is 0 Å². The SMILES string of the molecule is COc1nccc(NN)n1. The van der Waals surface area contributed by atoms with Crippen molar-refractivity contribution in [2.75, 3.05) is 12.5 Å². The van der Waals surface area contributed by atoms with E-state index in [2.05, 4.69) is 15.4 Å². The Labute approximate surface area is 58.2 Å². The van der Waals surface area contributed by atoms with Crippen LogP contribution >= 0.6 is 0 Å². The number of nitrogens with one attached hydrogen (secondary N) is 1. The van der Waals surface area contributed by atoms with E-state index in [0.29, 0.717) is 11.8 Å². The van der Waals surface area contributed by atoms with Crippen LogP contribution in [-0.2, 0) is 0 Å². The van der Waals surface area contributed by atoms with E-state index < -0.39 is 0 Å². The van der Waals surface area contributed by atoms with Crippen LogP contribution in [0.15, 0.2) is 12.3 Å². The molecule has 1 heterocycles. The van der Waals surface area contributed by atoms with Crippen molar-refractivity contribution in [2.45, 2.75) is 0 Å². The molecule has 5 heteroatoms. The maximum Gasteiger partial charge on any atom is 0.318 e. The zero-order valence-corrected chi connectivity index (χ0v) is 5.53. The van der Waals surface area contributed by atoms with E-state index in [9.17, 15) is 0 Å². The van der Waals surface area contributed by atoms with Crippen LogP contribution in [0, 0.1) is 0 Å². The third-order valence-electron chi connectivity index (χ3n) is 0.964. The first-order valence-corrected chi connectivity index (χ1v) is 2.70. The summed E-state index contributed by atoms with van der Waals surface area (Å²) in [5.74, 6) is 5.61. The molecule has 0 fully saturated rings. The summed E-state index contributed by atoms with van der Waals surface area (Å²) in [6.07, 6.45) is 1.56. The lowest BCUT2D eigenvalue weighted by Gasteiger charge is -1.99. The predicted octanol–water partition coefficient (Wildman–Crippen LogP) is -0.229. The number of methoxy groups -OCH3 is 1. The van der Waals surface area contributed by atoms with Gasteiger partial charge >= 0.3 is 6.01 Å². The molecule has 10 heavy (non-hydrogen) atoms. The van der Waals surface area contributed by atoms with Gasteiger partial charge in [0.05, 0.1) is 7.11 Å². The number of rotatable bonds is 2. The molecule has 54 valence electrons. The van der Waals surface area contributed by atoms with Gasteiger partial charge in [-0.1, -0.05) is 0 Å². The zero-order valence-electron chi connectivity index (χ0n) is 5.53. The predicted molar refractivity (Wildman–Crippen MR) is 36.4 cm³/mol. The average molecular weight is 140 g/mol. The summed E-state index contributed by atoms with van der Waals surface area (Å²) >= 11 is 0. The highest BCUT2D eigenvalue weighted by Gasteiger charge is 1.93. The fourth-order valence-corrected chi connectivity index (χ4v) is 0.520. The van der Waals surface area contributed by atoms with Gasteiger partial charge in [0.2, 0.25) is 0 Å². The first-order chi connectivity index (χ1) is 4.86. The maximum absolute atomic E-state index is 5.08. The summed E-state index contributed by atoms with van der Waals surface area (Å²) in [7, 11) is 1.50. The minimum absolute atomic E-state index is 0.301. The monoisotopic (exact) mass is 140 g/mol. The molecule has 0 saturated carbocycles. The van der Waals surface area contributed by atoms with Crippen LogP contribution in [0.2, 0.25) is 0 Å². The molecule has 0 atom stereocenters. The van der Waals surface area contributed by atoms with E-state index in [1.54, 1.807) is 12.3 Å². The lowest BCUT2D eigenvalue weighted by atomic mass is 10.6. The normalized spacial score (nSPS) is 9.00. The second kappa shape index (κ2) is 2.98. The van der Waals surface area contributed by atoms with E-state index in [1.165, 1.54) is 7.11 Å². The van der Waals surface area contributed by atoms with Gasteiger partial charge in [0.1, 0.15) is 5.82 Å². The third-order valence-corrected chi connectivity index (χ3v) is 0.964. The van der Waals surface area contributed by atoms with Crippen molar-refractivity contribution in [3.05, 3.63) is 12.3 Å². The Hall–Kier alpha value is -1.36. The van der Waals surface area contributed by atoms with E-state index in [4.69, 9.17) is 10.6 Å². The quantitative estimate of drug-likeness (QED) is 0.438. The summed E-state index contributed by atoms with van der Waals surface area (Å²) in [6.45, 7) is 0. The van der Waals surface area contributed by atoms with Gasteiger partial charge in [-0.05, 0) is 0 Å². The summed E-state index contributed by atoms with van der Waals surface area (Å²) in [4.78, 5) is 7.62. The summed E-state index contributed by atoms with van der Waals surface area (Å²) in [5, 5.41) is 0. The largest absolute Gasteiger partial charge is 0.467 e. The van der Waals surface area contributed by atoms with Crippen LogP contribution in [0.1, 0.15) is 0 Å². The molecule has 0 aliphatic carbocycles. The van der Waals surface area contributed by atoms with Crippen molar-refractivity contribution >= 4 is 5.82 Å². The Balaban J connectivity index is 2.87. The standard InChI is InChI=1S/C5H8N4O/c1-10-5-7-3-2-4(8-5)9-6/h2-3H,6H2,1H3,(H,7,8,9). The summed E-state index contributed by atoms with van der Waals surface area (Å²) < 4.78 is 4.74. The highest BCUT2D eigenvalue weighted by Crippen LogP contribution is 2.03. The minimum atomic E-state index is 0.301. The van der Waals surface area contributed by atoms with E-state index in [1.807, 2.05) is 0 Å². The van der Waals surface area contributed by atoms with Crippen LogP contribution in [0.3, 0.4) is 0 Å². The zero-order chi connectivity index (χ0) is 7.40. The van der Waals surface area contributed by atoms with Crippen molar-refractivity contribution < 1.29 is 4.74 Å². The van der Waals surface area contributed by atoms with Gasteiger partial charge in [0.25, 0.3) is 0 Å². The maximum atomic E-state index is 5.08. The lowest BCUT2D eigenvalue weighted by Crippen LogP contribution is -2.08. The number of hydrazine groups is 1. The molecule has 0 radical (unpaired) electrons. The fraction of sp³-hybridized carbons (Fsp3) is 0.200. The molecule has 0 amide bonds. The van der Waals surface area contributed by atoms with Crippen molar-refractivity contribution in [3.63, 3.8) is 0 Å². The Morgan fingerprint density at radius 2 is 2.50 bits per heavy atom. The number of anilines is 1. The Morgan fingerprint density at radius 1 is 1.70 bits per heavy atom. The number of aromatic nitrogens is 2. The van der Waals surface area contributed by atoms with Gasteiger partial charge in [0, 0.05) is 12.3 Å². The van der Waals surface area contributed by atoms with Gasteiger partial charge in [-0.3, -0.25) is 0 Å². The highest BCUT2D eigenvalue weighted by atomic mass is 16.5. The molecular weight excluding hydrogens is 132 g/mol. The third kappa shape index (κ3) is 1.32. The summed E-state index contributed by atoms with van der Waals surface area (Å²) in [5.41, 5.74) is 2.37. The first kappa shape index (κ1) is 6.76. The lowest BCUT2D eigenvalue weighted by molar-refractivity contribution is 0.380. The molecule has 1 rings (SSSR count). The molecule has 1 aromatic rings. The molecule has 0 aliphatic rings. The molecule has 0 aromatic carbocycles. The minimum Gasteiger partial charge on any atom is -0.467 e. The Bertz CT molecular complexity index is 195. The first-order valence-electron chi connectivity index (χ1n) is 2.70.